The fourth-order valence-corrected chi connectivity index (χ4v) is 1.52. The Labute approximate surface area is 89.9 Å². The summed E-state index contributed by atoms with van der Waals surface area (Å²) in [4.78, 5) is 0. The maximum absolute atomic E-state index is 8.72. The average molecular weight is 248 g/mol. The van der Waals surface area contributed by atoms with Crippen molar-refractivity contribution in [2.24, 2.45) is 0 Å². The highest BCUT2D eigenvalue weighted by Crippen LogP contribution is 2.25. The Hall–Kier alpha value is -1.53. The third-order valence-electron chi connectivity index (χ3n) is 1.85. The molecule has 3 heteroatoms. The zero-order valence-electron chi connectivity index (χ0n) is 7.20. The molecule has 0 aliphatic carbocycles. The van der Waals surface area contributed by atoms with Gasteiger partial charge in [-0.1, -0.05) is 12.1 Å². The fraction of sp³-hybridized carbons (Fsp3) is 0. The molecule has 0 N–H and O–H groups in total. The molecule has 14 heavy (non-hydrogen) atoms. The molecule has 0 aliphatic rings. The van der Waals surface area contributed by atoms with Crippen molar-refractivity contribution in [3.05, 3.63) is 46.6 Å². The van der Waals surface area contributed by atoms with Gasteiger partial charge in [-0.15, -0.1) is 0 Å². The molecule has 0 saturated heterocycles. The lowest BCUT2D eigenvalue weighted by Gasteiger charge is -1.96. The van der Waals surface area contributed by atoms with Crippen LogP contribution in [0.5, 0.6) is 0 Å². The van der Waals surface area contributed by atoms with E-state index in [2.05, 4.69) is 22.0 Å². The van der Waals surface area contributed by atoms with Crippen LogP contribution in [0.25, 0.3) is 11.3 Å². The average Bonchev–Trinajstić information content (AvgIpc) is 2.65. The Balaban J connectivity index is 2.47. The van der Waals surface area contributed by atoms with Crippen LogP contribution in [0, 0.1) is 11.3 Å². The Morgan fingerprint density at radius 1 is 1.21 bits per heavy atom. The number of benzene rings is 1. The summed E-state index contributed by atoms with van der Waals surface area (Å²) in [6.45, 7) is 0. The van der Waals surface area contributed by atoms with Crippen molar-refractivity contribution in [3.8, 4) is 17.4 Å². The molecule has 0 amide bonds. The summed E-state index contributed by atoms with van der Waals surface area (Å²) in [7, 11) is 0. The quantitative estimate of drug-likeness (QED) is 0.773. The van der Waals surface area contributed by atoms with Crippen molar-refractivity contribution in [2.45, 2.75) is 0 Å². The van der Waals surface area contributed by atoms with Gasteiger partial charge in [0.15, 0.2) is 4.67 Å². The minimum Gasteiger partial charge on any atom is -0.449 e. The molecule has 0 saturated carbocycles. The maximum atomic E-state index is 8.72. The van der Waals surface area contributed by atoms with E-state index in [4.69, 9.17) is 9.68 Å². The summed E-state index contributed by atoms with van der Waals surface area (Å²) in [5.41, 5.74) is 1.55. The van der Waals surface area contributed by atoms with Crippen molar-refractivity contribution >= 4 is 15.9 Å². The molecule has 0 unspecified atom stereocenters. The molecule has 2 nitrogen and oxygen atoms in total. The molecule has 2 aromatic rings. The normalized spacial score (nSPS) is 9.71. The van der Waals surface area contributed by atoms with E-state index in [-0.39, 0.29) is 0 Å². The van der Waals surface area contributed by atoms with Gasteiger partial charge in [-0.2, -0.15) is 5.26 Å². The number of hydrogen-bond acceptors (Lipinski definition) is 2. The highest BCUT2D eigenvalue weighted by molar-refractivity contribution is 9.10. The predicted molar refractivity (Wildman–Crippen MR) is 56.6 cm³/mol. The first-order valence-corrected chi connectivity index (χ1v) is 4.85. The lowest BCUT2D eigenvalue weighted by atomic mass is 10.1. The van der Waals surface area contributed by atoms with Crippen LogP contribution in [0.15, 0.2) is 45.5 Å². The summed E-state index contributed by atoms with van der Waals surface area (Å²) in [6, 6.07) is 13.1. The maximum Gasteiger partial charge on any atom is 0.169 e. The van der Waals surface area contributed by atoms with Gasteiger partial charge < -0.3 is 4.42 Å². The van der Waals surface area contributed by atoms with E-state index in [1.54, 1.807) is 12.1 Å². The highest BCUT2D eigenvalue weighted by Gasteiger charge is 2.03. The molecule has 1 aromatic carbocycles. The van der Waals surface area contributed by atoms with Gasteiger partial charge in [0.1, 0.15) is 5.76 Å². The topological polar surface area (TPSA) is 36.9 Å². The molecule has 0 fully saturated rings. The van der Waals surface area contributed by atoms with E-state index in [0.29, 0.717) is 10.2 Å². The third-order valence-corrected chi connectivity index (χ3v) is 2.28. The lowest BCUT2D eigenvalue weighted by molar-refractivity contribution is 0.556. The molecule has 0 spiro atoms. The predicted octanol–water partition coefficient (Wildman–Crippen LogP) is 3.58. The van der Waals surface area contributed by atoms with Crippen molar-refractivity contribution in [1.29, 1.82) is 5.26 Å². The van der Waals surface area contributed by atoms with Crippen LogP contribution in [0.1, 0.15) is 5.56 Å². The monoisotopic (exact) mass is 247 g/mol. The number of furan rings is 1. The van der Waals surface area contributed by atoms with E-state index < -0.39 is 0 Å². The lowest BCUT2D eigenvalue weighted by Crippen LogP contribution is -1.76. The van der Waals surface area contributed by atoms with Crippen molar-refractivity contribution in [2.75, 3.05) is 0 Å². The number of nitrogens with zero attached hydrogens (tertiary/aromatic N) is 1. The summed E-state index contributed by atoms with van der Waals surface area (Å²) in [5.74, 6) is 0.758. The van der Waals surface area contributed by atoms with Gasteiger partial charge in [-0.3, -0.25) is 0 Å². The number of nitriles is 1. The number of halogens is 1. The van der Waals surface area contributed by atoms with Crippen LogP contribution in [0.4, 0.5) is 0 Å². The summed E-state index contributed by atoms with van der Waals surface area (Å²) in [5, 5.41) is 8.72. The minimum absolute atomic E-state index is 0.634. The van der Waals surface area contributed by atoms with E-state index in [9.17, 15) is 0 Å². The Morgan fingerprint density at radius 3 is 2.71 bits per heavy atom. The third kappa shape index (κ3) is 1.70. The molecule has 0 radical (unpaired) electrons. The molecule has 2 rings (SSSR count). The SMILES string of the molecule is N#Cc1cccc(-c2ccc(Br)o2)c1. The van der Waals surface area contributed by atoms with Crippen LogP contribution in [-0.4, -0.2) is 0 Å². The number of rotatable bonds is 1. The van der Waals surface area contributed by atoms with E-state index >= 15 is 0 Å². The molecule has 0 bridgehead atoms. The van der Waals surface area contributed by atoms with Crippen molar-refractivity contribution in [1.82, 2.24) is 0 Å². The van der Waals surface area contributed by atoms with Crippen molar-refractivity contribution in [3.63, 3.8) is 0 Å². The smallest absolute Gasteiger partial charge is 0.169 e. The standard InChI is InChI=1S/C11H6BrNO/c12-11-5-4-10(14-11)9-3-1-2-8(6-9)7-13/h1-6H. The van der Waals surface area contributed by atoms with Crippen LogP contribution in [0.2, 0.25) is 0 Å². The summed E-state index contributed by atoms with van der Waals surface area (Å²) in [6.07, 6.45) is 0. The zero-order valence-corrected chi connectivity index (χ0v) is 8.78. The van der Waals surface area contributed by atoms with Gasteiger partial charge >= 0.3 is 0 Å². The zero-order chi connectivity index (χ0) is 9.97. The first-order chi connectivity index (χ1) is 6.79. The van der Waals surface area contributed by atoms with Gasteiger partial charge in [-0.05, 0) is 40.2 Å². The highest BCUT2D eigenvalue weighted by atomic mass is 79.9. The second-order valence-corrected chi connectivity index (χ2v) is 3.58. The molecule has 0 aliphatic heterocycles. The van der Waals surface area contributed by atoms with E-state index in [1.807, 2.05) is 24.3 Å². The van der Waals surface area contributed by atoms with Crippen LogP contribution in [0.3, 0.4) is 0 Å². The summed E-state index contributed by atoms with van der Waals surface area (Å²) < 4.78 is 6.07. The second-order valence-electron chi connectivity index (χ2n) is 2.80. The van der Waals surface area contributed by atoms with Gasteiger partial charge in [0, 0.05) is 5.56 Å². The Kier molecular flexibility index (Phi) is 2.38. The fourth-order valence-electron chi connectivity index (χ4n) is 1.21. The first-order valence-electron chi connectivity index (χ1n) is 4.05. The van der Waals surface area contributed by atoms with Gasteiger partial charge in [-0.25, -0.2) is 0 Å². The Morgan fingerprint density at radius 2 is 2.07 bits per heavy atom. The molecular formula is C11H6BrNO. The molecule has 1 heterocycles. The van der Waals surface area contributed by atoms with Crippen LogP contribution in [-0.2, 0) is 0 Å². The number of hydrogen-bond donors (Lipinski definition) is 0. The van der Waals surface area contributed by atoms with Crippen molar-refractivity contribution < 1.29 is 4.42 Å². The first kappa shape index (κ1) is 9.04. The van der Waals surface area contributed by atoms with Gasteiger partial charge in [0.25, 0.3) is 0 Å². The van der Waals surface area contributed by atoms with Gasteiger partial charge in [0.2, 0.25) is 0 Å². The molecular weight excluding hydrogens is 242 g/mol. The Bertz CT molecular complexity index is 496. The minimum atomic E-state index is 0.634. The second kappa shape index (κ2) is 3.69. The van der Waals surface area contributed by atoms with E-state index in [1.165, 1.54) is 0 Å². The van der Waals surface area contributed by atoms with Crippen LogP contribution >= 0.6 is 15.9 Å². The summed E-state index contributed by atoms with van der Waals surface area (Å²) >= 11 is 3.23. The van der Waals surface area contributed by atoms with Gasteiger partial charge in [0.05, 0.1) is 11.6 Å². The molecule has 68 valence electrons. The largest absolute Gasteiger partial charge is 0.449 e. The molecule has 0 atom stereocenters. The van der Waals surface area contributed by atoms with E-state index in [0.717, 1.165) is 11.3 Å². The molecule has 1 aromatic heterocycles. The van der Waals surface area contributed by atoms with Crippen LogP contribution < -0.4 is 0 Å².